The van der Waals surface area contributed by atoms with Crippen LogP contribution in [0.2, 0.25) is 0 Å². The highest BCUT2D eigenvalue weighted by Gasteiger charge is 2.19. The molecule has 0 bridgehead atoms. The number of aryl methyl sites for hydroxylation is 1. The Morgan fingerprint density at radius 2 is 2.13 bits per heavy atom. The van der Waals surface area contributed by atoms with Crippen molar-refractivity contribution in [3.63, 3.8) is 0 Å². The quantitative estimate of drug-likeness (QED) is 0.872. The Labute approximate surface area is 136 Å². The summed E-state index contributed by atoms with van der Waals surface area (Å²) in [4.78, 5) is 10.7. The molecule has 1 N–H and O–H groups in total. The molecule has 1 aliphatic heterocycles. The molecule has 2 aromatic heterocycles. The molecule has 7 heteroatoms. The summed E-state index contributed by atoms with van der Waals surface area (Å²) in [7, 11) is 1.61. The third-order valence-corrected chi connectivity index (χ3v) is 4.14. The van der Waals surface area contributed by atoms with Crippen molar-refractivity contribution in [3.05, 3.63) is 29.9 Å². The lowest BCUT2D eigenvalue weighted by molar-refractivity contribution is 0.215. The van der Waals surface area contributed by atoms with Crippen LogP contribution in [0.25, 0.3) is 0 Å². The lowest BCUT2D eigenvalue weighted by atomic mass is 10.0. The second-order valence-electron chi connectivity index (χ2n) is 5.89. The van der Waals surface area contributed by atoms with Crippen LogP contribution in [-0.4, -0.2) is 52.8 Å². The van der Waals surface area contributed by atoms with Crippen molar-refractivity contribution in [2.75, 3.05) is 32.1 Å². The van der Waals surface area contributed by atoms with Crippen LogP contribution in [0.4, 0.5) is 5.82 Å². The maximum absolute atomic E-state index is 5.26. The molecule has 1 fully saturated rings. The van der Waals surface area contributed by atoms with Crippen LogP contribution in [0.5, 0.6) is 5.88 Å². The molecule has 23 heavy (non-hydrogen) atoms. The van der Waals surface area contributed by atoms with Gasteiger partial charge in [-0.15, -0.1) is 0 Å². The number of methoxy groups -OCH3 is 1. The zero-order chi connectivity index (χ0) is 16.1. The van der Waals surface area contributed by atoms with E-state index in [2.05, 4.69) is 25.3 Å². The van der Waals surface area contributed by atoms with Crippen LogP contribution in [-0.2, 0) is 6.42 Å². The predicted molar refractivity (Wildman–Crippen MR) is 86.6 cm³/mol. The van der Waals surface area contributed by atoms with E-state index in [0.717, 1.165) is 56.2 Å². The molecule has 0 radical (unpaired) electrons. The van der Waals surface area contributed by atoms with E-state index in [4.69, 9.17) is 9.26 Å². The fraction of sp³-hybridized carbons (Fsp3) is 0.562. The Balaban J connectivity index is 1.43. The van der Waals surface area contributed by atoms with Crippen molar-refractivity contribution in [1.82, 2.24) is 20.0 Å². The Bertz CT molecular complexity index is 622. The zero-order valence-electron chi connectivity index (χ0n) is 13.7. The topological polar surface area (TPSA) is 76.3 Å². The molecule has 0 spiro atoms. The van der Waals surface area contributed by atoms with Gasteiger partial charge >= 0.3 is 0 Å². The molecule has 7 nitrogen and oxygen atoms in total. The number of piperidine rings is 1. The Kier molecular flexibility index (Phi) is 5.07. The summed E-state index contributed by atoms with van der Waals surface area (Å²) in [5.41, 5.74) is 0.947. The van der Waals surface area contributed by atoms with E-state index in [0.29, 0.717) is 11.9 Å². The molecule has 0 aliphatic carbocycles. The molecule has 3 rings (SSSR count). The largest absolute Gasteiger partial charge is 0.481 e. The lowest BCUT2D eigenvalue weighted by Crippen LogP contribution is -2.40. The first-order valence-electron chi connectivity index (χ1n) is 8.00. The molecular formula is C16H23N5O2. The minimum absolute atomic E-state index is 0.443. The van der Waals surface area contributed by atoms with Crippen molar-refractivity contribution in [3.8, 4) is 5.88 Å². The van der Waals surface area contributed by atoms with Crippen molar-refractivity contribution in [2.45, 2.75) is 32.2 Å². The number of aromatic nitrogens is 3. The summed E-state index contributed by atoms with van der Waals surface area (Å²) in [6.07, 6.45) is 4.64. The number of nitrogens with one attached hydrogen (secondary N) is 1. The third kappa shape index (κ3) is 4.41. The maximum Gasteiger partial charge on any atom is 0.218 e. The van der Waals surface area contributed by atoms with Crippen LogP contribution in [0.1, 0.15) is 24.3 Å². The first-order valence-corrected chi connectivity index (χ1v) is 8.00. The average molecular weight is 317 g/mol. The van der Waals surface area contributed by atoms with Gasteiger partial charge in [0.05, 0.1) is 12.8 Å². The molecule has 0 atom stereocenters. The van der Waals surface area contributed by atoms with Gasteiger partial charge in [0.25, 0.3) is 0 Å². The minimum atomic E-state index is 0.443. The van der Waals surface area contributed by atoms with Gasteiger partial charge in [-0.3, -0.25) is 0 Å². The molecule has 0 amide bonds. The van der Waals surface area contributed by atoms with Crippen molar-refractivity contribution < 1.29 is 9.26 Å². The van der Waals surface area contributed by atoms with Gasteiger partial charge in [-0.2, -0.15) is 0 Å². The standard InChI is InChI=1S/C16H23N5O2/c1-12-9-14(23-20-12)5-8-21-6-3-13(4-7-21)19-15-10-16(22-2)18-11-17-15/h9-11,13H,3-8H2,1-2H3,(H,17,18,19). The van der Waals surface area contributed by atoms with E-state index in [1.54, 1.807) is 7.11 Å². The SMILES string of the molecule is COc1cc(NC2CCN(CCc3cc(C)no3)CC2)ncn1. The summed E-state index contributed by atoms with van der Waals surface area (Å²) in [6.45, 7) is 5.12. The highest BCUT2D eigenvalue weighted by Crippen LogP contribution is 2.17. The highest BCUT2D eigenvalue weighted by atomic mass is 16.5. The summed E-state index contributed by atoms with van der Waals surface area (Å²) in [6, 6.07) is 4.29. The summed E-state index contributed by atoms with van der Waals surface area (Å²) in [5, 5.41) is 7.39. The number of ether oxygens (including phenoxy) is 1. The van der Waals surface area contributed by atoms with E-state index in [9.17, 15) is 0 Å². The van der Waals surface area contributed by atoms with Gasteiger partial charge in [0, 0.05) is 44.2 Å². The summed E-state index contributed by atoms with van der Waals surface area (Å²) >= 11 is 0. The van der Waals surface area contributed by atoms with Crippen molar-refractivity contribution in [1.29, 1.82) is 0 Å². The second-order valence-corrected chi connectivity index (χ2v) is 5.89. The van der Waals surface area contributed by atoms with Crippen LogP contribution in [0.15, 0.2) is 23.0 Å². The van der Waals surface area contributed by atoms with Gasteiger partial charge in [0.15, 0.2) is 0 Å². The third-order valence-electron chi connectivity index (χ3n) is 4.14. The van der Waals surface area contributed by atoms with Gasteiger partial charge in [0.2, 0.25) is 5.88 Å². The molecule has 0 unspecified atom stereocenters. The number of anilines is 1. The zero-order valence-corrected chi connectivity index (χ0v) is 13.7. The van der Waals surface area contributed by atoms with E-state index in [1.165, 1.54) is 6.33 Å². The predicted octanol–water partition coefficient (Wildman–Crippen LogP) is 1.90. The van der Waals surface area contributed by atoms with Crippen LogP contribution in [0.3, 0.4) is 0 Å². The molecule has 3 heterocycles. The van der Waals surface area contributed by atoms with E-state index < -0.39 is 0 Å². The highest BCUT2D eigenvalue weighted by molar-refractivity contribution is 5.38. The number of likely N-dealkylation sites (tertiary alicyclic amines) is 1. The average Bonchev–Trinajstić information content (AvgIpc) is 3.00. The second kappa shape index (κ2) is 7.41. The first kappa shape index (κ1) is 15.7. The summed E-state index contributed by atoms with van der Waals surface area (Å²) < 4.78 is 10.4. The lowest BCUT2D eigenvalue weighted by Gasteiger charge is -2.32. The molecular weight excluding hydrogens is 294 g/mol. The molecule has 1 aliphatic rings. The summed E-state index contributed by atoms with van der Waals surface area (Å²) in [5.74, 6) is 2.38. The fourth-order valence-corrected chi connectivity index (χ4v) is 2.84. The first-order chi connectivity index (χ1) is 11.2. The monoisotopic (exact) mass is 317 g/mol. The smallest absolute Gasteiger partial charge is 0.218 e. The Hall–Kier alpha value is -2.15. The van der Waals surface area contributed by atoms with Crippen LogP contribution >= 0.6 is 0 Å². The van der Waals surface area contributed by atoms with Gasteiger partial charge < -0.3 is 19.5 Å². The minimum Gasteiger partial charge on any atom is -0.481 e. The van der Waals surface area contributed by atoms with Gasteiger partial charge in [0.1, 0.15) is 17.9 Å². The molecule has 1 saturated heterocycles. The van der Waals surface area contributed by atoms with Crippen molar-refractivity contribution >= 4 is 5.82 Å². The number of hydrogen-bond donors (Lipinski definition) is 1. The Morgan fingerprint density at radius 1 is 1.30 bits per heavy atom. The van der Waals surface area contributed by atoms with Crippen LogP contribution in [0, 0.1) is 6.92 Å². The van der Waals surface area contributed by atoms with Gasteiger partial charge in [-0.1, -0.05) is 5.16 Å². The van der Waals surface area contributed by atoms with Crippen molar-refractivity contribution in [2.24, 2.45) is 0 Å². The molecule has 124 valence electrons. The van der Waals surface area contributed by atoms with Gasteiger partial charge in [-0.05, 0) is 19.8 Å². The fourth-order valence-electron chi connectivity index (χ4n) is 2.84. The Morgan fingerprint density at radius 3 is 2.83 bits per heavy atom. The molecule has 0 aromatic carbocycles. The number of nitrogens with zero attached hydrogens (tertiary/aromatic N) is 4. The maximum atomic E-state index is 5.26. The van der Waals surface area contributed by atoms with Crippen LogP contribution < -0.4 is 10.1 Å². The van der Waals surface area contributed by atoms with Gasteiger partial charge in [-0.25, -0.2) is 9.97 Å². The number of hydrogen-bond acceptors (Lipinski definition) is 7. The normalized spacial score (nSPS) is 16.4. The van der Waals surface area contributed by atoms with E-state index >= 15 is 0 Å². The molecule has 2 aromatic rings. The number of rotatable bonds is 6. The van der Waals surface area contributed by atoms with E-state index in [-0.39, 0.29) is 0 Å². The molecule has 0 saturated carbocycles. The van der Waals surface area contributed by atoms with E-state index in [1.807, 2.05) is 19.1 Å².